The summed E-state index contributed by atoms with van der Waals surface area (Å²) in [5, 5.41) is 3.57. The van der Waals surface area contributed by atoms with Crippen LogP contribution in [0.25, 0.3) is 11.2 Å². The predicted molar refractivity (Wildman–Crippen MR) is 88.3 cm³/mol. The van der Waals surface area contributed by atoms with Crippen LogP contribution in [0.2, 0.25) is 0 Å². The Morgan fingerprint density at radius 1 is 1.13 bits per heavy atom. The summed E-state index contributed by atoms with van der Waals surface area (Å²) in [5.74, 6) is 0.846. The molecule has 1 atom stereocenters. The SMILES string of the molecule is CN1CCC(Nc2ncnc3c2ncn3C2CCCCO2)CC1. The van der Waals surface area contributed by atoms with Crippen molar-refractivity contribution in [3.05, 3.63) is 12.7 Å². The van der Waals surface area contributed by atoms with Crippen LogP contribution < -0.4 is 5.32 Å². The number of piperidine rings is 1. The van der Waals surface area contributed by atoms with Gasteiger partial charge in [-0.2, -0.15) is 0 Å². The Morgan fingerprint density at radius 3 is 2.78 bits per heavy atom. The summed E-state index contributed by atoms with van der Waals surface area (Å²) in [6.45, 7) is 3.06. The maximum atomic E-state index is 5.87. The van der Waals surface area contributed by atoms with Crippen molar-refractivity contribution in [3.8, 4) is 0 Å². The normalized spacial score (nSPS) is 24.1. The number of anilines is 1. The molecule has 2 aromatic rings. The third-order valence-electron chi connectivity index (χ3n) is 4.88. The third-order valence-corrected chi connectivity index (χ3v) is 4.88. The highest BCUT2D eigenvalue weighted by Crippen LogP contribution is 2.27. The molecule has 2 aliphatic rings. The first-order chi connectivity index (χ1) is 11.3. The van der Waals surface area contributed by atoms with Crippen LogP contribution >= 0.6 is 0 Å². The molecule has 2 fully saturated rings. The Morgan fingerprint density at radius 2 is 2.00 bits per heavy atom. The van der Waals surface area contributed by atoms with Crippen molar-refractivity contribution >= 4 is 17.0 Å². The van der Waals surface area contributed by atoms with Gasteiger partial charge in [0.15, 0.2) is 17.0 Å². The highest BCUT2D eigenvalue weighted by atomic mass is 16.5. The summed E-state index contributed by atoms with van der Waals surface area (Å²) < 4.78 is 7.92. The van der Waals surface area contributed by atoms with Gasteiger partial charge < -0.3 is 15.0 Å². The summed E-state index contributed by atoms with van der Waals surface area (Å²) in [6, 6.07) is 0.459. The summed E-state index contributed by atoms with van der Waals surface area (Å²) in [7, 11) is 2.17. The molecule has 0 aromatic carbocycles. The van der Waals surface area contributed by atoms with E-state index < -0.39 is 0 Å². The second kappa shape index (κ2) is 6.41. The highest BCUT2D eigenvalue weighted by Gasteiger charge is 2.22. The standard InChI is InChI=1S/C16H24N6O/c1-21-7-5-12(6-8-21)20-15-14-16(18-10-17-15)22(11-19-14)13-4-2-3-9-23-13/h10-13H,2-9H2,1H3,(H,17,18,20). The molecule has 1 unspecified atom stereocenters. The van der Waals surface area contributed by atoms with E-state index in [1.807, 2.05) is 6.33 Å². The van der Waals surface area contributed by atoms with Crippen molar-refractivity contribution in [2.24, 2.45) is 0 Å². The summed E-state index contributed by atoms with van der Waals surface area (Å²) in [5.41, 5.74) is 1.71. The summed E-state index contributed by atoms with van der Waals surface area (Å²) in [6.07, 6.45) is 9.14. The van der Waals surface area contributed by atoms with E-state index in [4.69, 9.17) is 4.74 Å². The number of imidazole rings is 1. The number of fused-ring (bicyclic) bond motifs is 1. The number of ether oxygens (including phenoxy) is 1. The zero-order valence-corrected chi connectivity index (χ0v) is 13.6. The zero-order valence-electron chi connectivity index (χ0n) is 13.6. The number of aromatic nitrogens is 4. The minimum absolute atomic E-state index is 0.0554. The number of rotatable bonds is 3. The van der Waals surface area contributed by atoms with Crippen LogP contribution in [0.15, 0.2) is 12.7 Å². The molecule has 7 nitrogen and oxygen atoms in total. The van der Waals surface area contributed by atoms with E-state index in [0.29, 0.717) is 6.04 Å². The van der Waals surface area contributed by atoms with Crippen LogP contribution in [-0.2, 0) is 4.74 Å². The lowest BCUT2D eigenvalue weighted by Gasteiger charge is -2.29. The Kier molecular flexibility index (Phi) is 4.13. The number of nitrogens with one attached hydrogen (secondary N) is 1. The molecule has 2 saturated heterocycles. The molecule has 23 heavy (non-hydrogen) atoms. The van der Waals surface area contributed by atoms with Crippen LogP contribution in [0.1, 0.15) is 38.3 Å². The minimum atomic E-state index is 0.0554. The molecule has 0 radical (unpaired) electrons. The topological polar surface area (TPSA) is 68.1 Å². The first-order valence-electron chi connectivity index (χ1n) is 8.55. The van der Waals surface area contributed by atoms with E-state index in [2.05, 4.69) is 36.8 Å². The average molecular weight is 316 g/mol. The lowest BCUT2D eigenvalue weighted by Crippen LogP contribution is -2.36. The van der Waals surface area contributed by atoms with Gasteiger partial charge in [0.25, 0.3) is 0 Å². The van der Waals surface area contributed by atoms with Crippen molar-refractivity contribution in [2.45, 2.75) is 44.4 Å². The number of hydrogen-bond acceptors (Lipinski definition) is 6. The summed E-state index contributed by atoms with van der Waals surface area (Å²) in [4.78, 5) is 15.8. The van der Waals surface area contributed by atoms with Crippen LogP contribution in [0.3, 0.4) is 0 Å². The van der Waals surface area contributed by atoms with Crippen molar-refractivity contribution in [1.82, 2.24) is 24.4 Å². The summed E-state index contributed by atoms with van der Waals surface area (Å²) >= 11 is 0. The van der Waals surface area contributed by atoms with Crippen LogP contribution in [-0.4, -0.2) is 57.2 Å². The Bertz CT molecular complexity index is 658. The van der Waals surface area contributed by atoms with Gasteiger partial charge in [0.1, 0.15) is 12.6 Å². The fourth-order valence-electron chi connectivity index (χ4n) is 3.46. The van der Waals surface area contributed by atoms with Gasteiger partial charge in [-0.1, -0.05) is 0 Å². The molecule has 0 spiro atoms. The lowest BCUT2D eigenvalue weighted by atomic mass is 10.1. The number of hydrogen-bond donors (Lipinski definition) is 1. The average Bonchev–Trinajstić information content (AvgIpc) is 3.03. The highest BCUT2D eigenvalue weighted by molar-refractivity contribution is 5.82. The van der Waals surface area contributed by atoms with Crippen molar-refractivity contribution in [3.63, 3.8) is 0 Å². The molecule has 0 saturated carbocycles. The third kappa shape index (κ3) is 3.03. The van der Waals surface area contributed by atoms with Gasteiger partial charge in [-0.25, -0.2) is 15.0 Å². The quantitative estimate of drug-likeness (QED) is 0.934. The lowest BCUT2D eigenvalue weighted by molar-refractivity contribution is -0.0298. The van der Waals surface area contributed by atoms with Gasteiger partial charge in [-0.15, -0.1) is 0 Å². The molecule has 1 N–H and O–H groups in total. The molecule has 0 amide bonds. The van der Waals surface area contributed by atoms with Gasteiger partial charge >= 0.3 is 0 Å². The molecule has 4 heterocycles. The fourth-order valence-corrected chi connectivity index (χ4v) is 3.46. The molecule has 0 bridgehead atoms. The second-order valence-electron chi connectivity index (χ2n) is 6.59. The second-order valence-corrected chi connectivity index (χ2v) is 6.59. The molecular weight excluding hydrogens is 292 g/mol. The number of likely N-dealkylation sites (tertiary alicyclic amines) is 1. The molecule has 124 valence electrons. The largest absolute Gasteiger partial charge is 0.365 e. The van der Waals surface area contributed by atoms with Gasteiger partial charge in [-0.05, 0) is 52.2 Å². The molecule has 0 aliphatic carbocycles. The molecule has 7 heteroatoms. The Labute approximate surface area is 136 Å². The van der Waals surface area contributed by atoms with Gasteiger partial charge in [0.05, 0.1) is 6.33 Å². The smallest absolute Gasteiger partial charge is 0.167 e. The first kappa shape index (κ1) is 14.8. The molecular formula is C16H24N6O. The van der Waals surface area contributed by atoms with Gasteiger partial charge in [0, 0.05) is 12.6 Å². The van der Waals surface area contributed by atoms with Crippen molar-refractivity contribution in [1.29, 1.82) is 0 Å². The maximum absolute atomic E-state index is 5.87. The Balaban J connectivity index is 1.57. The number of nitrogens with zero attached hydrogens (tertiary/aromatic N) is 5. The van der Waals surface area contributed by atoms with Gasteiger partial charge in [0.2, 0.25) is 0 Å². The first-order valence-corrected chi connectivity index (χ1v) is 8.55. The maximum Gasteiger partial charge on any atom is 0.167 e. The monoisotopic (exact) mass is 316 g/mol. The van der Waals surface area contributed by atoms with Crippen molar-refractivity contribution < 1.29 is 4.74 Å². The van der Waals surface area contributed by atoms with E-state index >= 15 is 0 Å². The van der Waals surface area contributed by atoms with Gasteiger partial charge in [-0.3, -0.25) is 4.57 Å². The van der Waals surface area contributed by atoms with Crippen LogP contribution in [0.4, 0.5) is 5.82 Å². The molecule has 2 aromatic heterocycles. The zero-order chi connectivity index (χ0) is 15.6. The fraction of sp³-hybridized carbons (Fsp3) is 0.688. The van der Waals surface area contributed by atoms with Crippen molar-refractivity contribution in [2.75, 3.05) is 32.1 Å². The van der Waals surface area contributed by atoms with Crippen LogP contribution in [0.5, 0.6) is 0 Å². The van der Waals surface area contributed by atoms with E-state index in [-0.39, 0.29) is 6.23 Å². The van der Waals surface area contributed by atoms with E-state index in [9.17, 15) is 0 Å². The minimum Gasteiger partial charge on any atom is -0.365 e. The van der Waals surface area contributed by atoms with E-state index in [1.165, 1.54) is 6.42 Å². The van der Waals surface area contributed by atoms with E-state index in [1.54, 1.807) is 6.33 Å². The molecule has 2 aliphatic heterocycles. The van der Waals surface area contributed by atoms with Crippen LogP contribution in [0, 0.1) is 0 Å². The molecule has 4 rings (SSSR count). The van der Waals surface area contributed by atoms with E-state index in [0.717, 1.165) is 62.4 Å². The Hall–Kier alpha value is -1.73. The predicted octanol–water partition coefficient (Wildman–Crippen LogP) is 2.03.